The highest BCUT2D eigenvalue weighted by Gasteiger charge is 2.29. The second-order valence-electron chi connectivity index (χ2n) is 4.34. The maximum atomic E-state index is 3.96. The fourth-order valence-corrected chi connectivity index (χ4v) is 5.14. The SMILES string of the molecule is C=C[C@H](CC)[Si](C)(C)c1ccccc1. The third kappa shape index (κ3) is 2.15. The van der Waals surface area contributed by atoms with Crippen LogP contribution in [-0.2, 0) is 0 Å². The Kier molecular flexibility index (Phi) is 3.70. The highest BCUT2D eigenvalue weighted by Crippen LogP contribution is 2.25. The lowest BCUT2D eigenvalue weighted by atomic mass is 10.3. The van der Waals surface area contributed by atoms with Gasteiger partial charge in [-0.05, 0) is 5.54 Å². The summed E-state index contributed by atoms with van der Waals surface area (Å²) in [7, 11) is -1.33. The summed E-state index contributed by atoms with van der Waals surface area (Å²) in [4.78, 5) is 0. The molecule has 0 aliphatic heterocycles. The Labute approximate surface area is 88.7 Å². The molecule has 0 spiro atoms. The summed E-state index contributed by atoms with van der Waals surface area (Å²) in [5.74, 6) is 0. The van der Waals surface area contributed by atoms with Gasteiger partial charge in [-0.3, -0.25) is 0 Å². The lowest BCUT2D eigenvalue weighted by Crippen LogP contribution is -2.45. The smallest absolute Gasteiger partial charge is 0.0873 e. The Morgan fingerprint density at radius 1 is 1.29 bits per heavy atom. The Balaban J connectivity index is 3.00. The van der Waals surface area contributed by atoms with Gasteiger partial charge in [0.25, 0.3) is 0 Å². The molecule has 0 aliphatic carbocycles. The van der Waals surface area contributed by atoms with E-state index in [1.807, 2.05) is 0 Å². The van der Waals surface area contributed by atoms with Crippen LogP contribution in [0, 0.1) is 0 Å². The average Bonchev–Trinajstić information content (AvgIpc) is 2.20. The van der Waals surface area contributed by atoms with Gasteiger partial charge in [0, 0.05) is 0 Å². The number of hydrogen-bond donors (Lipinski definition) is 0. The van der Waals surface area contributed by atoms with Gasteiger partial charge in [-0.2, -0.15) is 0 Å². The van der Waals surface area contributed by atoms with Crippen LogP contribution in [-0.4, -0.2) is 8.07 Å². The first kappa shape index (κ1) is 11.3. The van der Waals surface area contributed by atoms with E-state index < -0.39 is 8.07 Å². The quantitative estimate of drug-likeness (QED) is 0.519. The summed E-state index contributed by atoms with van der Waals surface area (Å²) in [5, 5.41) is 1.53. The van der Waals surface area contributed by atoms with E-state index in [-0.39, 0.29) is 0 Å². The van der Waals surface area contributed by atoms with Crippen molar-refractivity contribution in [3.8, 4) is 0 Å². The fraction of sp³-hybridized carbons (Fsp3) is 0.385. The fourth-order valence-electron chi connectivity index (χ4n) is 2.05. The molecule has 0 saturated heterocycles. The zero-order valence-electron chi connectivity index (χ0n) is 9.46. The predicted molar refractivity (Wildman–Crippen MR) is 67.8 cm³/mol. The van der Waals surface area contributed by atoms with E-state index in [1.54, 1.807) is 0 Å². The number of rotatable bonds is 4. The Bertz CT molecular complexity index is 287. The van der Waals surface area contributed by atoms with Gasteiger partial charge in [-0.25, -0.2) is 0 Å². The third-order valence-electron chi connectivity index (χ3n) is 3.17. The van der Waals surface area contributed by atoms with Crippen molar-refractivity contribution in [3.05, 3.63) is 43.0 Å². The molecule has 0 nitrogen and oxygen atoms in total. The van der Waals surface area contributed by atoms with Crippen molar-refractivity contribution in [2.24, 2.45) is 0 Å². The van der Waals surface area contributed by atoms with Crippen molar-refractivity contribution in [1.82, 2.24) is 0 Å². The second kappa shape index (κ2) is 4.60. The molecule has 1 aromatic rings. The van der Waals surface area contributed by atoms with Crippen LogP contribution in [0.2, 0.25) is 18.6 Å². The summed E-state index contributed by atoms with van der Waals surface area (Å²) in [6.45, 7) is 11.1. The van der Waals surface area contributed by atoms with Gasteiger partial charge in [-0.1, -0.05) is 68.0 Å². The maximum Gasteiger partial charge on any atom is 0.0873 e. The van der Waals surface area contributed by atoms with E-state index >= 15 is 0 Å². The van der Waals surface area contributed by atoms with E-state index in [4.69, 9.17) is 0 Å². The van der Waals surface area contributed by atoms with Gasteiger partial charge < -0.3 is 0 Å². The highest BCUT2D eigenvalue weighted by molar-refractivity contribution is 6.91. The average molecular weight is 204 g/mol. The molecule has 1 atom stereocenters. The molecule has 1 aromatic carbocycles. The molecule has 0 fully saturated rings. The number of hydrogen-bond acceptors (Lipinski definition) is 0. The lowest BCUT2D eigenvalue weighted by molar-refractivity contribution is 0.922. The van der Waals surface area contributed by atoms with E-state index in [2.05, 4.69) is 63.0 Å². The van der Waals surface area contributed by atoms with Crippen molar-refractivity contribution in [1.29, 1.82) is 0 Å². The van der Waals surface area contributed by atoms with Crippen LogP contribution in [0.15, 0.2) is 43.0 Å². The summed E-state index contributed by atoms with van der Waals surface area (Å²) in [6.07, 6.45) is 3.34. The molecule has 0 heterocycles. The van der Waals surface area contributed by atoms with Crippen LogP contribution in [0.25, 0.3) is 0 Å². The topological polar surface area (TPSA) is 0 Å². The van der Waals surface area contributed by atoms with Crippen LogP contribution in [0.5, 0.6) is 0 Å². The maximum absolute atomic E-state index is 3.96. The lowest BCUT2D eigenvalue weighted by Gasteiger charge is -2.30. The van der Waals surface area contributed by atoms with E-state index in [0.29, 0.717) is 5.54 Å². The number of allylic oxidation sites excluding steroid dienone is 1. The van der Waals surface area contributed by atoms with Crippen LogP contribution in [0.3, 0.4) is 0 Å². The molecule has 0 aliphatic rings. The first-order valence-electron chi connectivity index (χ1n) is 5.31. The zero-order valence-corrected chi connectivity index (χ0v) is 10.5. The van der Waals surface area contributed by atoms with Crippen LogP contribution >= 0.6 is 0 Å². The second-order valence-corrected chi connectivity index (χ2v) is 9.10. The first-order valence-corrected chi connectivity index (χ1v) is 8.38. The minimum atomic E-state index is -1.33. The van der Waals surface area contributed by atoms with E-state index in [1.165, 1.54) is 11.6 Å². The molecule has 0 bridgehead atoms. The Morgan fingerprint density at radius 3 is 2.29 bits per heavy atom. The Hall–Kier alpha value is -0.823. The predicted octanol–water partition coefficient (Wildman–Crippen LogP) is 3.57. The molecule has 0 unspecified atom stereocenters. The van der Waals surface area contributed by atoms with Crippen LogP contribution < -0.4 is 5.19 Å². The molecule has 1 rings (SSSR count). The van der Waals surface area contributed by atoms with Crippen LogP contribution in [0.1, 0.15) is 13.3 Å². The summed E-state index contributed by atoms with van der Waals surface area (Å²) in [6, 6.07) is 10.9. The molecule has 0 saturated carbocycles. The standard InChI is InChI=1S/C13H20Si/c1-5-12(6-2)14(3,4)13-10-8-7-9-11-13/h5,7-12H,1,6H2,2-4H3/t12-/m1/s1. The largest absolute Gasteiger partial charge is 0.103 e. The third-order valence-corrected chi connectivity index (χ3v) is 7.49. The van der Waals surface area contributed by atoms with Gasteiger partial charge in [0.05, 0.1) is 8.07 Å². The van der Waals surface area contributed by atoms with Crippen molar-refractivity contribution < 1.29 is 0 Å². The normalized spacial score (nSPS) is 13.6. The minimum absolute atomic E-state index is 0.685. The van der Waals surface area contributed by atoms with Crippen molar-refractivity contribution in [2.75, 3.05) is 0 Å². The van der Waals surface area contributed by atoms with Gasteiger partial charge in [-0.15, -0.1) is 6.58 Å². The minimum Gasteiger partial charge on any atom is -0.103 e. The zero-order chi connectivity index (χ0) is 10.6. The summed E-state index contributed by atoms with van der Waals surface area (Å²) in [5.41, 5.74) is 0.685. The van der Waals surface area contributed by atoms with Gasteiger partial charge in [0.2, 0.25) is 0 Å². The molecule has 0 N–H and O–H groups in total. The molecular formula is C13H20Si. The molecule has 14 heavy (non-hydrogen) atoms. The highest BCUT2D eigenvalue weighted by atomic mass is 28.3. The van der Waals surface area contributed by atoms with Gasteiger partial charge >= 0.3 is 0 Å². The van der Waals surface area contributed by atoms with Gasteiger partial charge in [0.1, 0.15) is 0 Å². The summed E-state index contributed by atoms with van der Waals surface area (Å²) < 4.78 is 0. The molecule has 0 aromatic heterocycles. The molecule has 0 amide bonds. The molecule has 76 valence electrons. The Morgan fingerprint density at radius 2 is 1.86 bits per heavy atom. The van der Waals surface area contributed by atoms with Gasteiger partial charge in [0.15, 0.2) is 0 Å². The van der Waals surface area contributed by atoms with Crippen molar-refractivity contribution in [2.45, 2.75) is 32.0 Å². The molecule has 1 heteroatoms. The summed E-state index contributed by atoms with van der Waals surface area (Å²) >= 11 is 0. The first-order chi connectivity index (χ1) is 6.62. The van der Waals surface area contributed by atoms with Crippen molar-refractivity contribution in [3.63, 3.8) is 0 Å². The van der Waals surface area contributed by atoms with E-state index in [9.17, 15) is 0 Å². The molecule has 0 radical (unpaired) electrons. The van der Waals surface area contributed by atoms with Crippen molar-refractivity contribution >= 4 is 13.3 Å². The number of benzene rings is 1. The van der Waals surface area contributed by atoms with Crippen LogP contribution in [0.4, 0.5) is 0 Å². The van der Waals surface area contributed by atoms with E-state index in [0.717, 1.165) is 0 Å². The monoisotopic (exact) mass is 204 g/mol. The molecular weight excluding hydrogens is 184 g/mol.